The van der Waals surface area contributed by atoms with Crippen molar-refractivity contribution >= 4 is 6.09 Å². The standard InChI is InChI=1S/C10H17NO2/c1-2-3-4-9-5-7-11(8-6-9)10(12)13/h2,9H,1,3-8H2,(H,12,13). The van der Waals surface area contributed by atoms with Crippen LogP contribution >= 0.6 is 0 Å². The second kappa shape index (κ2) is 4.90. The lowest BCUT2D eigenvalue weighted by molar-refractivity contribution is 0.123. The summed E-state index contributed by atoms with van der Waals surface area (Å²) < 4.78 is 0. The molecule has 1 heterocycles. The van der Waals surface area contributed by atoms with E-state index in [1.807, 2.05) is 6.08 Å². The molecule has 1 aliphatic rings. The second-order valence-corrected chi connectivity index (χ2v) is 3.58. The molecule has 74 valence electrons. The van der Waals surface area contributed by atoms with Gasteiger partial charge in [0.1, 0.15) is 0 Å². The van der Waals surface area contributed by atoms with Crippen molar-refractivity contribution in [1.29, 1.82) is 0 Å². The smallest absolute Gasteiger partial charge is 0.407 e. The van der Waals surface area contributed by atoms with Gasteiger partial charge in [-0.1, -0.05) is 6.08 Å². The molecule has 0 unspecified atom stereocenters. The lowest BCUT2D eigenvalue weighted by Gasteiger charge is -2.29. The highest BCUT2D eigenvalue weighted by molar-refractivity contribution is 5.64. The molecule has 1 aliphatic heterocycles. The van der Waals surface area contributed by atoms with Crippen LogP contribution < -0.4 is 0 Å². The number of carboxylic acid groups (broad SMARTS) is 1. The highest BCUT2D eigenvalue weighted by atomic mass is 16.4. The van der Waals surface area contributed by atoms with E-state index in [4.69, 9.17) is 5.11 Å². The van der Waals surface area contributed by atoms with E-state index in [0.717, 1.165) is 25.7 Å². The molecule has 1 fully saturated rings. The lowest BCUT2D eigenvalue weighted by atomic mass is 9.92. The van der Waals surface area contributed by atoms with Crippen LogP contribution in [0.3, 0.4) is 0 Å². The van der Waals surface area contributed by atoms with Crippen LogP contribution in [-0.2, 0) is 0 Å². The van der Waals surface area contributed by atoms with Crippen molar-refractivity contribution in [1.82, 2.24) is 4.90 Å². The van der Waals surface area contributed by atoms with Crippen LogP contribution in [0.25, 0.3) is 0 Å². The normalized spacial score (nSPS) is 18.6. The zero-order valence-electron chi connectivity index (χ0n) is 7.91. The van der Waals surface area contributed by atoms with Crippen molar-refractivity contribution in [3.05, 3.63) is 12.7 Å². The highest BCUT2D eigenvalue weighted by Gasteiger charge is 2.21. The Kier molecular flexibility index (Phi) is 3.80. The van der Waals surface area contributed by atoms with Crippen molar-refractivity contribution in [3.8, 4) is 0 Å². The number of rotatable bonds is 3. The van der Waals surface area contributed by atoms with E-state index in [-0.39, 0.29) is 0 Å². The molecule has 13 heavy (non-hydrogen) atoms. The number of hydrogen-bond acceptors (Lipinski definition) is 1. The number of piperidine rings is 1. The van der Waals surface area contributed by atoms with Crippen molar-refractivity contribution in [2.24, 2.45) is 5.92 Å². The van der Waals surface area contributed by atoms with Gasteiger partial charge in [-0.25, -0.2) is 4.79 Å². The summed E-state index contributed by atoms with van der Waals surface area (Å²) >= 11 is 0. The molecule has 0 spiro atoms. The Balaban J connectivity index is 2.22. The van der Waals surface area contributed by atoms with E-state index in [1.165, 1.54) is 4.90 Å². The average Bonchev–Trinajstić information content (AvgIpc) is 2.15. The van der Waals surface area contributed by atoms with Gasteiger partial charge < -0.3 is 10.0 Å². The fourth-order valence-electron chi connectivity index (χ4n) is 1.77. The maximum absolute atomic E-state index is 10.6. The number of allylic oxidation sites excluding steroid dienone is 1. The number of hydrogen-bond donors (Lipinski definition) is 1. The summed E-state index contributed by atoms with van der Waals surface area (Å²) in [6.45, 7) is 5.09. The predicted molar refractivity (Wildman–Crippen MR) is 51.8 cm³/mol. The topological polar surface area (TPSA) is 40.5 Å². The maximum atomic E-state index is 10.6. The molecule has 0 bridgehead atoms. The van der Waals surface area contributed by atoms with Gasteiger partial charge in [-0.3, -0.25) is 0 Å². The Morgan fingerprint density at radius 2 is 2.15 bits per heavy atom. The van der Waals surface area contributed by atoms with Crippen molar-refractivity contribution in [3.63, 3.8) is 0 Å². The van der Waals surface area contributed by atoms with Crippen LogP contribution in [0.1, 0.15) is 25.7 Å². The van der Waals surface area contributed by atoms with Crippen LogP contribution in [0, 0.1) is 5.92 Å². The largest absolute Gasteiger partial charge is 0.465 e. The van der Waals surface area contributed by atoms with E-state index in [9.17, 15) is 4.79 Å². The van der Waals surface area contributed by atoms with Crippen molar-refractivity contribution in [2.45, 2.75) is 25.7 Å². The van der Waals surface area contributed by atoms with Crippen LogP contribution in [0.4, 0.5) is 4.79 Å². The third kappa shape index (κ3) is 3.09. The van der Waals surface area contributed by atoms with Gasteiger partial charge in [0.25, 0.3) is 0 Å². The minimum absolute atomic E-state index is 0.702. The molecule has 3 nitrogen and oxygen atoms in total. The van der Waals surface area contributed by atoms with Gasteiger partial charge in [0, 0.05) is 13.1 Å². The molecule has 0 aromatic heterocycles. The fraction of sp³-hybridized carbons (Fsp3) is 0.700. The molecule has 0 radical (unpaired) electrons. The summed E-state index contributed by atoms with van der Waals surface area (Å²) in [5.41, 5.74) is 0. The highest BCUT2D eigenvalue weighted by Crippen LogP contribution is 2.21. The van der Waals surface area contributed by atoms with Gasteiger partial charge in [-0.05, 0) is 31.6 Å². The average molecular weight is 183 g/mol. The monoisotopic (exact) mass is 183 g/mol. The molecular formula is C10H17NO2. The lowest BCUT2D eigenvalue weighted by Crippen LogP contribution is -2.37. The van der Waals surface area contributed by atoms with Crippen molar-refractivity contribution < 1.29 is 9.90 Å². The van der Waals surface area contributed by atoms with Gasteiger partial charge in [0.15, 0.2) is 0 Å². The van der Waals surface area contributed by atoms with Gasteiger partial charge in [-0.15, -0.1) is 6.58 Å². The van der Waals surface area contributed by atoms with E-state index in [2.05, 4.69) is 6.58 Å². The summed E-state index contributed by atoms with van der Waals surface area (Å²) in [6.07, 6.45) is 5.40. The molecule has 0 saturated carbocycles. The minimum atomic E-state index is -0.776. The molecule has 3 heteroatoms. The zero-order valence-corrected chi connectivity index (χ0v) is 7.91. The van der Waals surface area contributed by atoms with Crippen LogP contribution in [0.15, 0.2) is 12.7 Å². The summed E-state index contributed by atoms with van der Waals surface area (Å²) in [6, 6.07) is 0. The number of amides is 1. The number of nitrogens with zero attached hydrogens (tertiary/aromatic N) is 1. The van der Waals surface area contributed by atoms with Gasteiger partial charge >= 0.3 is 6.09 Å². The number of likely N-dealkylation sites (tertiary alicyclic amines) is 1. The first-order chi connectivity index (χ1) is 6.24. The van der Waals surface area contributed by atoms with E-state index in [1.54, 1.807) is 0 Å². The molecule has 1 saturated heterocycles. The van der Waals surface area contributed by atoms with E-state index in [0.29, 0.717) is 19.0 Å². The third-order valence-electron chi connectivity index (χ3n) is 2.66. The first-order valence-electron chi connectivity index (χ1n) is 4.83. The first-order valence-corrected chi connectivity index (χ1v) is 4.83. The quantitative estimate of drug-likeness (QED) is 0.682. The van der Waals surface area contributed by atoms with Crippen LogP contribution in [-0.4, -0.2) is 29.2 Å². The molecule has 0 atom stereocenters. The van der Waals surface area contributed by atoms with Crippen molar-refractivity contribution in [2.75, 3.05) is 13.1 Å². The summed E-state index contributed by atoms with van der Waals surface area (Å²) in [7, 11) is 0. The molecule has 1 amide bonds. The van der Waals surface area contributed by atoms with Gasteiger partial charge in [0.05, 0.1) is 0 Å². The van der Waals surface area contributed by atoms with Crippen LogP contribution in [0.5, 0.6) is 0 Å². The summed E-state index contributed by atoms with van der Waals surface area (Å²) in [4.78, 5) is 12.1. The Morgan fingerprint density at radius 3 is 2.62 bits per heavy atom. The first kappa shape index (κ1) is 10.1. The molecule has 0 aliphatic carbocycles. The third-order valence-corrected chi connectivity index (χ3v) is 2.66. The molecule has 1 N–H and O–H groups in total. The fourth-order valence-corrected chi connectivity index (χ4v) is 1.77. The van der Waals surface area contributed by atoms with Gasteiger partial charge in [-0.2, -0.15) is 0 Å². The Bertz CT molecular complexity index is 183. The second-order valence-electron chi connectivity index (χ2n) is 3.58. The Hall–Kier alpha value is -0.990. The summed E-state index contributed by atoms with van der Waals surface area (Å²) in [5.74, 6) is 0.702. The molecule has 0 aromatic rings. The maximum Gasteiger partial charge on any atom is 0.407 e. The SMILES string of the molecule is C=CCCC1CCN(C(=O)O)CC1. The molecule has 1 rings (SSSR count). The predicted octanol–water partition coefficient (Wildman–Crippen LogP) is 2.34. The summed E-state index contributed by atoms with van der Waals surface area (Å²) in [5, 5.41) is 8.71. The Labute approximate surface area is 79.0 Å². The minimum Gasteiger partial charge on any atom is -0.465 e. The molecular weight excluding hydrogens is 166 g/mol. The van der Waals surface area contributed by atoms with E-state index >= 15 is 0 Å². The molecule has 0 aromatic carbocycles. The zero-order chi connectivity index (χ0) is 9.68. The van der Waals surface area contributed by atoms with E-state index < -0.39 is 6.09 Å². The van der Waals surface area contributed by atoms with Crippen LogP contribution in [0.2, 0.25) is 0 Å². The number of carbonyl (C=O) groups is 1. The Morgan fingerprint density at radius 1 is 1.54 bits per heavy atom. The van der Waals surface area contributed by atoms with Gasteiger partial charge in [0.2, 0.25) is 0 Å².